The van der Waals surface area contributed by atoms with Crippen molar-refractivity contribution in [2.45, 2.75) is 12.8 Å². The molecule has 5 nitrogen and oxygen atoms in total. The summed E-state index contributed by atoms with van der Waals surface area (Å²) in [6.07, 6.45) is 1.62. The van der Waals surface area contributed by atoms with Gasteiger partial charge in [-0.2, -0.15) is 0 Å². The lowest BCUT2D eigenvalue weighted by molar-refractivity contribution is -0.127. The second-order valence-electron chi connectivity index (χ2n) is 5.48. The number of ether oxygens (including phenoxy) is 1. The van der Waals surface area contributed by atoms with Crippen LogP contribution < -0.4 is 4.74 Å². The van der Waals surface area contributed by atoms with Gasteiger partial charge in [0.15, 0.2) is 23.0 Å². The summed E-state index contributed by atoms with van der Waals surface area (Å²) in [5, 5.41) is 29.9. The van der Waals surface area contributed by atoms with E-state index in [9.17, 15) is 20.1 Å². The predicted molar refractivity (Wildman–Crippen MR) is 78.9 cm³/mol. The fourth-order valence-electron chi connectivity index (χ4n) is 3.21. The lowest BCUT2D eigenvalue weighted by Crippen LogP contribution is -2.01. The van der Waals surface area contributed by atoms with Gasteiger partial charge in [0.05, 0.1) is 5.57 Å². The van der Waals surface area contributed by atoms with Crippen molar-refractivity contribution < 1.29 is 24.9 Å². The van der Waals surface area contributed by atoms with E-state index in [4.69, 9.17) is 4.74 Å². The second-order valence-corrected chi connectivity index (χ2v) is 5.48. The first kappa shape index (κ1) is 12.8. The first-order valence-electron chi connectivity index (χ1n) is 6.84. The van der Waals surface area contributed by atoms with Crippen LogP contribution in [0.25, 0.3) is 11.6 Å². The van der Waals surface area contributed by atoms with Crippen LogP contribution in [0.3, 0.4) is 0 Å². The van der Waals surface area contributed by atoms with Gasteiger partial charge in [-0.05, 0) is 29.3 Å². The molecule has 2 aromatic carbocycles. The van der Waals surface area contributed by atoms with Gasteiger partial charge < -0.3 is 20.1 Å². The number of rotatable bonds is 0. The Morgan fingerprint density at radius 2 is 1.77 bits per heavy atom. The molecule has 1 atom stereocenters. The zero-order valence-electron chi connectivity index (χ0n) is 11.6. The van der Waals surface area contributed by atoms with Crippen LogP contribution in [-0.4, -0.2) is 21.3 Å². The maximum atomic E-state index is 12.1. The summed E-state index contributed by atoms with van der Waals surface area (Å²) in [7, 11) is 0. The van der Waals surface area contributed by atoms with Crippen molar-refractivity contribution in [1.82, 2.24) is 0 Å². The first-order chi connectivity index (χ1) is 10.5. The van der Waals surface area contributed by atoms with E-state index in [1.807, 2.05) is 6.92 Å². The van der Waals surface area contributed by atoms with E-state index < -0.39 is 5.97 Å². The lowest BCUT2D eigenvalue weighted by atomic mass is 9.87. The van der Waals surface area contributed by atoms with Crippen molar-refractivity contribution in [3.05, 3.63) is 46.5 Å². The van der Waals surface area contributed by atoms with Gasteiger partial charge in [0.2, 0.25) is 0 Å². The smallest absolute Gasteiger partial charge is 0.344 e. The summed E-state index contributed by atoms with van der Waals surface area (Å²) in [4.78, 5) is 12.1. The second kappa shape index (κ2) is 4.04. The maximum Gasteiger partial charge on any atom is 0.344 e. The molecule has 0 bridgehead atoms. The molecule has 0 spiro atoms. The van der Waals surface area contributed by atoms with Crippen molar-refractivity contribution in [3.63, 3.8) is 0 Å². The van der Waals surface area contributed by atoms with E-state index >= 15 is 0 Å². The average Bonchev–Trinajstić information content (AvgIpc) is 2.74. The zero-order chi connectivity index (χ0) is 15.6. The van der Waals surface area contributed by atoms with Crippen LogP contribution in [0.5, 0.6) is 23.0 Å². The highest BCUT2D eigenvalue weighted by atomic mass is 16.5. The molecule has 1 aliphatic heterocycles. The summed E-state index contributed by atoms with van der Waals surface area (Å²) in [5.41, 5.74) is 2.83. The van der Waals surface area contributed by atoms with Crippen LogP contribution >= 0.6 is 0 Å². The van der Waals surface area contributed by atoms with E-state index in [-0.39, 0.29) is 28.9 Å². The maximum absolute atomic E-state index is 12.1. The van der Waals surface area contributed by atoms with Gasteiger partial charge in [-0.1, -0.05) is 19.1 Å². The summed E-state index contributed by atoms with van der Waals surface area (Å²) in [6, 6.07) is 6.19. The van der Waals surface area contributed by atoms with Crippen LogP contribution in [0.4, 0.5) is 0 Å². The molecule has 3 N–H and O–H groups in total. The fourth-order valence-corrected chi connectivity index (χ4v) is 3.21. The molecule has 2 aliphatic rings. The first-order valence-corrected chi connectivity index (χ1v) is 6.84. The number of carbonyl (C=O) groups is 1. The monoisotopic (exact) mass is 296 g/mol. The average molecular weight is 296 g/mol. The van der Waals surface area contributed by atoms with Gasteiger partial charge in [-0.25, -0.2) is 4.79 Å². The Morgan fingerprint density at radius 3 is 2.55 bits per heavy atom. The Kier molecular flexibility index (Phi) is 2.34. The largest absolute Gasteiger partial charge is 0.504 e. The Morgan fingerprint density at radius 1 is 1.05 bits per heavy atom. The van der Waals surface area contributed by atoms with Crippen LogP contribution in [-0.2, 0) is 4.79 Å². The van der Waals surface area contributed by atoms with Crippen molar-refractivity contribution in [1.29, 1.82) is 0 Å². The van der Waals surface area contributed by atoms with Crippen LogP contribution in [0, 0.1) is 0 Å². The number of hydrogen-bond donors (Lipinski definition) is 3. The molecular formula is C17H12O5. The number of hydrogen-bond acceptors (Lipinski definition) is 5. The third-order valence-corrected chi connectivity index (χ3v) is 4.28. The van der Waals surface area contributed by atoms with E-state index in [2.05, 4.69) is 0 Å². The highest BCUT2D eigenvalue weighted by Gasteiger charge is 2.37. The van der Waals surface area contributed by atoms with E-state index in [1.165, 1.54) is 12.1 Å². The topological polar surface area (TPSA) is 87.0 Å². The Balaban J connectivity index is 2.13. The minimum Gasteiger partial charge on any atom is -0.504 e. The highest BCUT2D eigenvalue weighted by molar-refractivity contribution is 6.27. The van der Waals surface area contributed by atoms with Crippen LogP contribution in [0.15, 0.2) is 24.3 Å². The molecule has 2 aromatic rings. The fraction of sp³-hybridized carbons (Fsp3) is 0.118. The molecule has 0 unspecified atom stereocenters. The SMILES string of the molecule is C[C@H]1c2ccc(O)c3c2C(=Cc2ccc(O)c(O)c21)C(=O)O3. The van der Waals surface area contributed by atoms with Crippen molar-refractivity contribution in [3.8, 4) is 23.0 Å². The molecule has 1 aliphatic carbocycles. The molecule has 0 radical (unpaired) electrons. The number of aromatic hydroxyl groups is 3. The normalized spacial score (nSPS) is 18.1. The summed E-state index contributed by atoms with van der Waals surface area (Å²) in [5.74, 6) is -1.16. The molecule has 0 aromatic heterocycles. The highest BCUT2D eigenvalue weighted by Crippen LogP contribution is 2.51. The van der Waals surface area contributed by atoms with Gasteiger partial charge in [0, 0.05) is 17.0 Å². The molecule has 4 rings (SSSR count). The molecule has 0 fully saturated rings. The zero-order valence-corrected chi connectivity index (χ0v) is 11.6. The van der Waals surface area contributed by atoms with Crippen molar-refractivity contribution >= 4 is 17.6 Å². The number of esters is 1. The summed E-state index contributed by atoms with van der Waals surface area (Å²) in [6.45, 7) is 1.87. The number of fused-ring (bicyclic) bond motifs is 1. The van der Waals surface area contributed by atoms with Crippen LogP contribution in [0.2, 0.25) is 0 Å². The molecule has 0 amide bonds. The van der Waals surface area contributed by atoms with Crippen molar-refractivity contribution in [2.75, 3.05) is 0 Å². The number of phenolic OH excluding ortho intramolecular Hbond substituents is 3. The van der Waals surface area contributed by atoms with Gasteiger partial charge in [-0.3, -0.25) is 0 Å². The number of phenols is 3. The van der Waals surface area contributed by atoms with Gasteiger partial charge in [0.1, 0.15) is 0 Å². The quantitative estimate of drug-likeness (QED) is 0.395. The summed E-state index contributed by atoms with van der Waals surface area (Å²) >= 11 is 0. The molecule has 0 saturated carbocycles. The minimum absolute atomic E-state index is 0.0966. The standard InChI is InChI=1S/C17H12O5/c1-7-9-3-5-12(19)16-14(9)10(17(21)22-16)6-8-2-4-11(18)15(20)13(7)8/h2-7,18-20H,1H3/t7-/m0/s1. The third kappa shape index (κ3) is 1.45. The third-order valence-electron chi connectivity index (χ3n) is 4.28. The van der Waals surface area contributed by atoms with E-state index in [0.29, 0.717) is 22.3 Å². The van der Waals surface area contributed by atoms with Gasteiger partial charge >= 0.3 is 5.97 Å². The Labute approximate surface area is 125 Å². The molecule has 22 heavy (non-hydrogen) atoms. The summed E-state index contributed by atoms with van der Waals surface area (Å²) < 4.78 is 5.17. The lowest BCUT2D eigenvalue weighted by Gasteiger charge is -2.18. The molecule has 110 valence electrons. The molecule has 5 heteroatoms. The van der Waals surface area contributed by atoms with E-state index in [1.54, 1.807) is 18.2 Å². The predicted octanol–water partition coefficient (Wildman–Crippen LogP) is 2.73. The Bertz CT molecular complexity index is 879. The van der Waals surface area contributed by atoms with Crippen molar-refractivity contribution in [2.24, 2.45) is 0 Å². The molecule has 1 heterocycles. The minimum atomic E-state index is -0.537. The Hall–Kier alpha value is -2.95. The molecular weight excluding hydrogens is 284 g/mol. The number of benzene rings is 2. The van der Waals surface area contributed by atoms with Gasteiger partial charge in [-0.15, -0.1) is 0 Å². The van der Waals surface area contributed by atoms with E-state index in [0.717, 1.165) is 5.56 Å². The van der Waals surface area contributed by atoms with Crippen LogP contribution in [0.1, 0.15) is 35.1 Å². The van der Waals surface area contributed by atoms with Gasteiger partial charge in [0.25, 0.3) is 0 Å². The molecule has 0 saturated heterocycles. The number of carbonyl (C=O) groups excluding carboxylic acids is 1.